The Kier molecular flexibility index (Phi) is 8.66. The van der Waals surface area contributed by atoms with Crippen LogP contribution in [0, 0.1) is 0 Å². The van der Waals surface area contributed by atoms with Gasteiger partial charge in [0.1, 0.15) is 0 Å². The molecule has 0 aliphatic carbocycles. The molecule has 140 valence electrons. The minimum absolute atomic E-state index is 0.00528. The molecule has 26 heavy (non-hydrogen) atoms. The van der Waals surface area contributed by atoms with E-state index < -0.39 is 6.10 Å². The van der Waals surface area contributed by atoms with Crippen LogP contribution in [0.4, 0.5) is 0 Å². The fourth-order valence-corrected chi connectivity index (χ4v) is 2.72. The summed E-state index contributed by atoms with van der Waals surface area (Å²) < 4.78 is 0. The van der Waals surface area contributed by atoms with Crippen LogP contribution in [0.25, 0.3) is 0 Å². The molecule has 0 saturated carbocycles. The van der Waals surface area contributed by atoms with Gasteiger partial charge >= 0.3 is 0 Å². The van der Waals surface area contributed by atoms with Gasteiger partial charge in [-0.1, -0.05) is 60.7 Å². The molecule has 0 aromatic heterocycles. The van der Waals surface area contributed by atoms with Gasteiger partial charge in [-0.15, -0.1) is 0 Å². The maximum Gasteiger partial charge on any atom is 0.191 e. The minimum atomic E-state index is -0.532. The molecule has 2 atom stereocenters. The Labute approximate surface area is 155 Å². The van der Waals surface area contributed by atoms with E-state index in [0.717, 1.165) is 17.7 Å². The van der Waals surface area contributed by atoms with Crippen molar-refractivity contribution < 1.29 is 10.2 Å². The van der Waals surface area contributed by atoms with Crippen LogP contribution < -0.4 is 10.6 Å². The number of guanidine groups is 1. The third-order valence-corrected chi connectivity index (χ3v) is 4.13. The number of hydrogen-bond acceptors (Lipinski definition) is 3. The Hall–Kier alpha value is -2.37. The van der Waals surface area contributed by atoms with E-state index in [2.05, 4.69) is 15.6 Å². The predicted molar refractivity (Wildman–Crippen MR) is 106 cm³/mol. The van der Waals surface area contributed by atoms with Gasteiger partial charge in [0.25, 0.3) is 0 Å². The van der Waals surface area contributed by atoms with Gasteiger partial charge < -0.3 is 20.8 Å². The van der Waals surface area contributed by atoms with E-state index >= 15 is 0 Å². The van der Waals surface area contributed by atoms with Crippen LogP contribution in [0.2, 0.25) is 0 Å². The highest BCUT2D eigenvalue weighted by Crippen LogP contribution is 2.13. The average Bonchev–Trinajstić information content (AvgIpc) is 2.68. The van der Waals surface area contributed by atoms with Crippen molar-refractivity contribution in [2.45, 2.75) is 25.4 Å². The molecule has 0 amide bonds. The Morgan fingerprint density at radius 1 is 1.00 bits per heavy atom. The van der Waals surface area contributed by atoms with Crippen molar-refractivity contribution in [3.63, 3.8) is 0 Å². The van der Waals surface area contributed by atoms with Crippen molar-refractivity contribution in [3.8, 4) is 0 Å². The Morgan fingerprint density at radius 3 is 2.27 bits per heavy atom. The molecule has 0 aliphatic rings. The molecule has 0 bridgehead atoms. The van der Waals surface area contributed by atoms with E-state index in [0.29, 0.717) is 25.5 Å². The number of hydrogen-bond donors (Lipinski definition) is 4. The highest BCUT2D eigenvalue weighted by molar-refractivity contribution is 5.79. The van der Waals surface area contributed by atoms with Gasteiger partial charge in [-0.25, -0.2) is 0 Å². The number of nitrogens with zero attached hydrogens (tertiary/aromatic N) is 1. The summed E-state index contributed by atoms with van der Waals surface area (Å²) in [6, 6.07) is 19.8. The lowest BCUT2D eigenvalue weighted by molar-refractivity contribution is 0.183. The first-order valence-corrected chi connectivity index (χ1v) is 9.13. The number of nitrogens with one attached hydrogen (secondary N) is 2. The molecule has 0 spiro atoms. The summed E-state index contributed by atoms with van der Waals surface area (Å²) in [7, 11) is 0. The molecule has 2 rings (SSSR count). The standard InChI is InChI=1S/C21H29N3O2/c1-2-22-21(23-14-19(16-25)18-11-7-4-8-12-18)24-15-20(26)13-17-9-5-3-6-10-17/h3-12,19-20,25-26H,2,13-16H2,1H3,(H2,22,23,24). The second-order valence-electron chi connectivity index (χ2n) is 6.23. The van der Waals surface area contributed by atoms with E-state index in [-0.39, 0.29) is 12.5 Å². The lowest BCUT2D eigenvalue weighted by Crippen LogP contribution is -2.40. The Morgan fingerprint density at radius 2 is 1.65 bits per heavy atom. The zero-order chi connectivity index (χ0) is 18.6. The predicted octanol–water partition coefficient (Wildman–Crippen LogP) is 1.92. The summed E-state index contributed by atoms with van der Waals surface area (Å²) in [5.41, 5.74) is 2.18. The van der Waals surface area contributed by atoms with E-state index in [1.165, 1.54) is 0 Å². The molecule has 0 saturated heterocycles. The van der Waals surface area contributed by atoms with Crippen molar-refractivity contribution >= 4 is 5.96 Å². The van der Waals surface area contributed by atoms with Gasteiger partial charge in [0, 0.05) is 25.4 Å². The van der Waals surface area contributed by atoms with Crippen molar-refractivity contribution in [1.82, 2.24) is 10.6 Å². The molecule has 5 heteroatoms. The van der Waals surface area contributed by atoms with Crippen molar-refractivity contribution in [2.75, 3.05) is 26.2 Å². The summed E-state index contributed by atoms with van der Waals surface area (Å²) in [6.07, 6.45) is 0.0446. The van der Waals surface area contributed by atoms with Crippen molar-refractivity contribution in [1.29, 1.82) is 0 Å². The van der Waals surface area contributed by atoms with Gasteiger partial charge in [-0.05, 0) is 18.1 Å². The molecule has 0 fully saturated rings. The van der Waals surface area contributed by atoms with E-state index in [4.69, 9.17) is 0 Å². The first kappa shape index (κ1) is 19.9. The topological polar surface area (TPSA) is 76.9 Å². The van der Waals surface area contributed by atoms with Crippen LogP contribution in [-0.4, -0.2) is 48.5 Å². The van der Waals surface area contributed by atoms with Crippen LogP contribution in [-0.2, 0) is 6.42 Å². The second-order valence-corrected chi connectivity index (χ2v) is 6.23. The SMILES string of the molecule is CCNC(=NCC(O)Cc1ccccc1)NCC(CO)c1ccccc1. The van der Waals surface area contributed by atoms with Crippen LogP contribution >= 0.6 is 0 Å². The monoisotopic (exact) mass is 355 g/mol. The van der Waals surface area contributed by atoms with E-state index in [9.17, 15) is 10.2 Å². The fraction of sp³-hybridized carbons (Fsp3) is 0.381. The van der Waals surface area contributed by atoms with Gasteiger partial charge in [-0.3, -0.25) is 4.99 Å². The molecule has 0 radical (unpaired) electrons. The summed E-state index contributed by atoms with van der Waals surface area (Å²) >= 11 is 0. The molecule has 2 aromatic rings. The lowest BCUT2D eigenvalue weighted by Gasteiger charge is -2.18. The first-order valence-electron chi connectivity index (χ1n) is 9.13. The summed E-state index contributed by atoms with van der Waals surface area (Å²) in [4.78, 5) is 4.47. The number of aliphatic hydroxyl groups is 2. The first-order chi connectivity index (χ1) is 12.7. The Bertz CT molecular complexity index is 647. The summed E-state index contributed by atoms with van der Waals surface area (Å²) in [5.74, 6) is 0.642. The highest BCUT2D eigenvalue weighted by atomic mass is 16.3. The van der Waals surface area contributed by atoms with Crippen LogP contribution in [0.3, 0.4) is 0 Å². The summed E-state index contributed by atoms with van der Waals surface area (Å²) in [5, 5.41) is 26.3. The fourth-order valence-electron chi connectivity index (χ4n) is 2.72. The van der Waals surface area contributed by atoms with Crippen molar-refractivity contribution in [3.05, 3.63) is 71.8 Å². The third-order valence-electron chi connectivity index (χ3n) is 4.13. The van der Waals surface area contributed by atoms with Gasteiger partial charge in [0.15, 0.2) is 5.96 Å². The van der Waals surface area contributed by atoms with Gasteiger partial charge in [-0.2, -0.15) is 0 Å². The molecule has 2 unspecified atom stereocenters. The minimum Gasteiger partial charge on any atom is -0.396 e. The zero-order valence-electron chi connectivity index (χ0n) is 15.3. The maximum atomic E-state index is 10.2. The van der Waals surface area contributed by atoms with Gasteiger partial charge in [0.2, 0.25) is 0 Å². The van der Waals surface area contributed by atoms with Crippen LogP contribution in [0.15, 0.2) is 65.7 Å². The normalized spacial score (nSPS) is 13.9. The number of rotatable bonds is 9. The third kappa shape index (κ3) is 6.86. The van der Waals surface area contributed by atoms with Crippen molar-refractivity contribution in [2.24, 2.45) is 4.99 Å². The molecule has 0 heterocycles. The van der Waals surface area contributed by atoms with E-state index in [1.807, 2.05) is 67.6 Å². The molecular formula is C21H29N3O2. The van der Waals surface area contributed by atoms with Gasteiger partial charge in [0.05, 0.1) is 19.3 Å². The highest BCUT2D eigenvalue weighted by Gasteiger charge is 2.11. The quantitative estimate of drug-likeness (QED) is 0.409. The molecular weight excluding hydrogens is 326 g/mol. The lowest BCUT2D eigenvalue weighted by atomic mass is 10.0. The van der Waals surface area contributed by atoms with Crippen LogP contribution in [0.5, 0.6) is 0 Å². The van der Waals surface area contributed by atoms with E-state index in [1.54, 1.807) is 0 Å². The molecule has 5 nitrogen and oxygen atoms in total. The largest absolute Gasteiger partial charge is 0.396 e. The van der Waals surface area contributed by atoms with Crippen LogP contribution in [0.1, 0.15) is 24.0 Å². The Balaban J connectivity index is 1.89. The maximum absolute atomic E-state index is 10.2. The number of aliphatic imine (C=N–C) groups is 1. The molecule has 2 aromatic carbocycles. The summed E-state index contributed by atoms with van der Waals surface area (Å²) in [6.45, 7) is 3.68. The smallest absolute Gasteiger partial charge is 0.191 e. The average molecular weight is 355 g/mol. The molecule has 0 aliphatic heterocycles. The second kappa shape index (κ2) is 11.3. The molecule has 4 N–H and O–H groups in total. The number of benzene rings is 2. The number of aliphatic hydroxyl groups excluding tert-OH is 2. The zero-order valence-corrected chi connectivity index (χ0v) is 15.3.